The molecule has 0 saturated carbocycles. The minimum absolute atomic E-state index is 0.0132. The van der Waals surface area contributed by atoms with Crippen LogP contribution in [-0.4, -0.2) is 35.8 Å². The molecule has 1 rings (SSSR count). The molecule has 1 fully saturated rings. The zero-order chi connectivity index (χ0) is 11.4. The molecule has 1 N–H and O–H groups in total. The van der Waals surface area contributed by atoms with Crippen LogP contribution in [0.4, 0.5) is 0 Å². The first-order valence-electron chi connectivity index (χ1n) is 5.65. The fourth-order valence-electron chi connectivity index (χ4n) is 1.98. The second-order valence-corrected chi connectivity index (χ2v) is 4.32. The van der Waals surface area contributed by atoms with Crippen LogP contribution in [0.5, 0.6) is 0 Å². The molecule has 1 aliphatic heterocycles. The lowest BCUT2D eigenvalue weighted by Gasteiger charge is -2.37. The summed E-state index contributed by atoms with van der Waals surface area (Å²) in [6, 6.07) is -0.280. The Morgan fingerprint density at radius 3 is 2.80 bits per heavy atom. The average molecular weight is 212 g/mol. The first kappa shape index (κ1) is 12.0. The third kappa shape index (κ3) is 2.70. The molecule has 0 aromatic carbocycles. The van der Waals surface area contributed by atoms with Crippen molar-refractivity contribution in [2.45, 2.75) is 39.7 Å². The highest BCUT2D eigenvalue weighted by Crippen LogP contribution is 2.15. The standard InChI is InChI=1S/C11H20N2O2/c1-4-5-9(14)13-7-6-12-11(15)10(13)8(2)3/h8,10H,4-7H2,1-3H3,(H,12,15). The summed E-state index contributed by atoms with van der Waals surface area (Å²) in [5.74, 6) is 0.262. The van der Waals surface area contributed by atoms with Crippen molar-refractivity contribution >= 4 is 11.8 Å². The third-order valence-corrected chi connectivity index (χ3v) is 2.67. The van der Waals surface area contributed by atoms with E-state index in [-0.39, 0.29) is 23.8 Å². The van der Waals surface area contributed by atoms with E-state index in [0.717, 1.165) is 6.42 Å². The monoisotopic (exact) mass is 212 g/mol. The first-order chi connectivity index (χ1) is 7.07. The number of rotatable bonds is 3. The van der Waals surface area contributed by atoms with Crippen LogP contribution in [-0.2, 0) is 9.59 Å². The van der Waals surface area contributed by atoms with Crippen molar-refractivity contribution in [2.75, 3.05) is 13.1 Å². The zero-order valence-electron chi connectivity index (χ0n) is 9.75. The molecular weight excluding hydrogens is 192 g/mol. The van der Waals surface area contributed by atoms with Crippen LogP contribution < -0.4 is 5.32 Å². The van der Waals surface area contributed by atoms with Crippen LogP contribution in [0.25, 0.3) is 0 Å². The molecule has 2 amide bonds. The molecule has 4 heteroatoms. The van der Waals surface area contributed by atoms with Gasteiger partial charge in [-0.2, -0.15) is 0 Å². The second kappa shape index (κ2) is 5.14. The van der Waals surface area contributed by atoms with Gasteiger partial charge in [0, 0.05) is 19.5 Å². The van der Waals surface area contributed by atoms with Crippen molar-refractivity contribution in [2.24, 2.45) is 5.92 Å². The van der Waals surface area contributed by atoms with Gasteiger partial charge in [-0.1, -0.05) is 20.8 Å². The van der Waals surface area contributed by atoms with Gasteiger partial charge in [0.25, 0.3) is 0 Å². The average Bonchev–Trinajstić information content (AvgIpc) is 2.17. The molecule has 0 bridgehead atoms. The molecule has 0 aromatic rings. The number of hydrogen-bond donors (Lipinski definition) is 1. The Balaban J connectivity index is 2.74. The van der Waals surface area contributed by atoms with Gasteiger partial charge in [-0.25, -0.2) is 0 Å². The predicted molar refractivity (Wildman–Crippen MR) is 58.3 cm³/mol. The number of amides is 2. The Hall–Kier alpha value is -1.06. The maximum absolute atomic E-state index is 11.8. The van der Waals surface area contributed by atoms with Crippen LogP contribution in [0.1, 0.15) is 33.6 Å². The van der Waals surface area contributed by atoms with E-state index in [0.29, 0.717) is 19.5 Å². The van der Waals surface area contributed by atoms with Crippen LogP contribution in [0, 0.1) is 5.92 Å². The summed E-state index contributed by atoms with van der Waals surface area (Å²) in [6.45, 7) is 7.15. The van der Waals surface area contributed by atoms with E-state index in [2.05, 4.69) is 5.32 Å². The molecule has 15 heavy (non-hydrogen) atoms. The van der Waals surface area contributed by atoms with Gasteiger partial charge in [0.15, 0.2) is 0 Å². The Morgan fingerprint density at radius 1 is 1.60 bits per heavy atom. The molecule has 1 unspecified atom stereocenters. The van der Waals surface area contributed by atoms with E-state index in [1.807, 2.05) is 20.8 Å². The second-order valence-electron chi connectivity index (χ2n) is 4.32. The van der Waals surface area contributed by atoms with Crippen molar-refractivity contribution in [1.29, 1.82) is 0 Å². The summed E-state index contributed by atoms with van der Waals surface area (Å²) >= 11 is 0. The Labute approximate surface area is 91.0 Å². The normalized spacial score (nSPS) is 21.7. The van der Waals surface area contributed by atoms with Crippen LogP contribution in [0.3, 0.4) is 0 Å². The molecule has 1 atom stereocenters. The molecule has 1 saturated heterocycles. The quantitative estimate of drug-likeness (QED) is 0.751. The van der Waals surface area contributed by atoms with Gasteiger partial charge >= 0.3 is 0 Å². The van der Waals surface area contributed by atoms with Crippen LogP contribution >= 0.6 is 0 Å². The van der Waals surface area contributed by atoms with E-state index < -0.39 is 0 Å². The first-order valence-corrected chi connectivity index (χ1v) is 5.65. The van der Waals surface area contributed by atoms with E-state index in [1.165, 1.54) is 0 Å². The Morgan fingerprint density at radius 2 is 2.27 bits per heavy atom. The number of piperazine rings is 1. The maximum atomic E-state index is 11.8. The van der Waals surface area contributed by atoms with Crippen LogP contribution in [0.15, 0.2) is 0 Å². The van der Waals surface area contributed by atoms with E-state index in [9.17, 15) is 9.59 Å². The number of nitrogens with zero attached hydrogens (tertiary/aromatic N) is 1. The summed E-state index contributed by atoms with van der Waals surface area (Å²) < 4.78 is 0. The molecule has 1 heterocycles. The summed E-state index contributed by atoms with van der Waals surface area (Å²) in [4.78, 5) is 25.2. The molecule has 4 nitrogen and oxygen atoms in total. The summed E-state index contributed by atoms with van der Waals surface area (Å²) in [5, 5.41) is 2.81. The van der Waals surface area contributed by atoms with E-state index in [4.69, 9.17) is 0 Å². The highest BCUT2D eigenvalue weighted by molar-refractivity contribution is 5.89. The van der Waals surface area contributed by atoms with Gasteiger partial charge in [-0.05, 0) is 12.3 Å². The molecule has 1 aliphatic rings. The van der Waals surface area contributed by atoms with Crippen molar-refractivity contribution in [1.82, 2.24) is 10.2 Å². The van der Waals surface area contributed by atoms with Crippen molar-refractivity contribution < 1.29 is 9.59 Å². The third-order valence-electron chi connectivity index (χ3n) is 2.67. The minimum Gasteiger partial charge on any atom is -0.353 e. The highest BCUT2D eigenvalue weighted by Gasteiger charge is 2.34. The van der Waals surface area contributed by atoms with Gasteiger partial charge in [-0.3, -0.25) is 9.59 Å². The van der Waals surface area contributed by atoms with Crippen molar-refractivity contribution in [3.05, 3.63) is 0 Å². The van der Waals surface area contributed by atoms with Crippen molar-refractivity contribution in [3.8, 4) is 0 Å². The number of nitrogens with one attached hydrogen (secondary N) is 1. The zero-order valence-corrected chi connectivity index (χ0v) is 9.75. The fraction of sp³-hybridized carbons (Fsp3) is 0.818. The van der Waals surface area contributed by atoms with Gasteiger partial charge in [-0.15, -0.1) is 0 Å². The minimum atomic E-state index is -0.280. The predicted octanol–water partition coefficient (Wildman–Crippen LogP) is 0.769. The Kier molecular flexibility index (Phi) is 4.12. The van der Waals surface area contributed by atoms with Crippen LogP contribution in [0.2, 0.25) is 0 Å². The number of hydrogen-bond acceptors (Lipinski definition) is 2. The molecule has 0 spiro atoms. The lowest BCUT2D eigenvalue weighted by Crippen LogP contribution is -2.59. The summed E-state index contributed by atoms with van der Waals surface area (Å²) in [6.07, 6.45) is 1.37. The lowest BCUT2D eigenvalue weighted by molar-refractivity contribution is -0.145. The fourth-order valence-corrected chi connectivity index (χ4v) is 1.98. The van der Waals surface area contributed by atoms with Gasteiger partial charge in [0.05, 0.1) is 0 Å². The maximum Gasteiger partial charge on any atom is 0.243 e. The van der Waals surface area contributed by atoms with Gasteiger partial charge in [0.1, 0.15) is 6.04 Å². The van der Waals surface area contributed by atoms with Crippen molar-refractivity contribution in [3.63, 3.8) is 0 Å². The van der Waals surface area contributed by atoms with Gasteiger partial charge in [0.2, 0.25) is 11.8 Å². The smallest absolute Gasteiger partial charge is 0.243 e. The molecule has 0 aliphatic carbocycles. The number of carbonyl (C=O) groups is 2. The Bertz CT molecular complexity index is 251. The SMILES string of the molecule is CCCC(=O)N1CCNC(=O)C1C(C)C. The molecule has 0 aromatic heterocycles. The largest absolute Gasteiger partial charge is 0.353 e. The van der Waals surface area contributed by atoms with E-state index in [1.54, 1.807) is 4.90 Å². The summed E-state index contributed by atoms with van der Waals surface area (Å²) in [7, 11) is 0. The number of carbonyl (C=O) groups excluding carboxylic acids is 2. The lowest BCUT2D eigenvalue weighted by atomic mass is 9.99. The van der Waals surface area contributed by atoms with Gasteiger partial charge < -0.3 is 10.2 Å². The highest BCUT2D eigenvalue weighted by atomic mass is 16.2. The molecule has 86 valence electrons. The molecular formula is C11H20N2O2. The molecule has 0 radical (unpaired) electrons. The summed E-state index contributed by atoms with van der Waals surface area (Å²) in [5.41, 5.74) is 0. The topological polar surface area (TPSA) is 49.4 Å². The van der Waals surface area contributed by atoms with E-state index >= 15 is 0 Å².